The molecule has 1 unspecified atom stereocenters. The van der Waals surface area contributed by atoms with Gasteiger partial charge in [-0.1, -0.05) is 30.3 Å². The summed E-state index contributed by atoms with van der Waals surface area (Å²) in [6, 6.07) is 10.4. The van der Waals surface area contributed by atoms with Gasteiger partial charge in [0.2, 0.25) is 0 Å². The van der Waals surface area contributed by atoms with Gasteiger partial charge in [-0.15, -0.1) is 0 Å². The van der Waals surface area contributed by atoms with Gasteiger partial charge in [0.25, 0.3) is 0 Å². The minimum Gasteiger partial charge on any atom is -0.370 e. The number of benzene rings is 1. The van der Waals surface area contributed by atoms with Crippen LogP contribution in [0.15, 0.2) is 30.3 Å². The molecule has 110 valence electrons. The Morgan fingerprint density at radius 2 is 2.05 bits per heavy atom. The molecule has 1 aliphatic rings. The molecule has 0 amide bonds. The number of nitrogens with zero attached hydrogens (tertiary/aromatic N) is 2. The maximum absolute atomic E-state index is 4.90. The molecular formula is C17H21N3S. The molecule has 21 heavy (non-hydrogen) atoms. The van der Waals surface area contributed by atoms with Crippen molar-refractivity contribution in [2.45, 2.75) is 31.9 Å². The van der Waals surface area contributed by atoms with E-state index in [-0.39, 0.29) is 0 Å². The first-order valence-electron chi connectivity index (χ1n) is 7.59. The third-order valence-corrected chi connectivity index (χ3v) is 5.15. The Morgan fingerprint density at radius 3 is 2.71 bits per heavy atom. The van der Waals surface area contributed by atoms with Crippen molar-refractivity contribution >= 4 is 17.6 Å². The second kappa shape index (κ2) is 6.48. The van der Waals surface area contributed by atoms with Crippen LogP contribution in [0.2, 0.25) is 0 Å². The summed E-state index contributed by atoms with van der Waals surface area (Å²) in [6.45, 7) is 5.09. The largest absolute Gasteiger partial charge is 0.370 e. The van der Waals surface area contributed by atoms with Gasteiger partial charge in [-0.2, -0.15) is 11.8 Å². The first-order valence-corrected chi connectivity index (χ1v) is 8.64. The van der Waals surface area contributed by atoms with Crippen molar-refractivity contribution in [3.05, 3.63) is 41.7 Å². The maximum Gasteiger partial charge on any atom is 0.144 e. The fourth-order valence-corrected chi connectivity index (χ4v) is 3.88. The number of nitrogens with one attached hydrogen (secondary N) is 1. The van der Waals surface area contributed by atoms with Crippen LogP contribution in [0, 0.1) is 6.92 Å². The van der Waals surface area contributed by atoms with Gasteiger partial charge in [-0.3, -0.25) is 0 Å². The summed E-state index contributed by atoms with van der Waals surface area (Å²) in [5.74, 6) is 3.19. The molecule has 2 aromatic rings. The minimum absolute atomic E-state index is 0.450. The smallest absolute Gasteiger partial charge is 0.144 e. The van der Waals surface area contributed by atoms with Crippen LogP contribution < -0.4 is 5.32 Å². The predicted octanol–water partition coefficient (Wildman–Crippen LogP) is 4.45. The van der Waals surface area contributed by atoms with E-state index in [0.717, 1.165) is 29.4 Å². The molecular weight excluding hydrogens is 278 g/mol. The van der Waals surface area contributed by atoms with Gasteiger partial charge in [0.15, 0.2) is 0 Å². The Kier molecular flexibility index (Phi) is 4.44. The van der Waals surface area contributed by atoms with Crippen LogP contribution in [0.25, 0.3) is 11.3 Å². The normalized spacial score (nSPS) is 17.9. The lowest BCUT2D eigenvalue weighted by molar-refractivity contribution is 0.777. The Balaban J connectivity index is 2.08. The SMILES string of the molecule is CCNc1nc(C2CCCS2)nc(-c2ccccc2)c1C. The fraction of sp³-hybridized carbons (Fsp3) is 0.412. The summed E-state index contributed by atoms with van der Waals surface area (Å²) in [5.41, 5.74) is 3.36. The summed E-state index contributed by atoms with van der Waals surface area (Å²) in [5, 5.41) is 3.84. The Morgan fingerprint density at radius 1 is 1.24 bits per heavy atom. The van der Waals surface area contributed by atoms with Gasteiger partial charge in [-0.05, 0) is 32.4 Å². The number of rotatable bonds is 4. The Bertz CT molecular complexity index is 607. The van der Waals surface area contributed by atoms with Gasteiger partial charge in [-0.25, -0.2) is 9.97 Å². The van der Waals surface area contributed by atoms with E-state index < -0.39 is 0 Å². The minimum atomic E-state index is 0.450. The number of anilines is 1. The van der Waals surface area contributed by atoms with E-state index in [1.54, 1.807) is 0 Å². The molecule has 1 fully saturated rings. The summed E-state index contributed by atoms with van der Waals surface area (Å²) >= 11 is 1.98. The fourth-order valence-electron chi connectivity index (χ4n) is 2.68. The average Bonchev–Trinajstić information content (AvgIpc) is 3.05. The molecule has 1 aromatic heterocycles. The van der Waals surface area contributed by atoms with Crippen LogP contribution in [0.5, 0.6) is 0 Å². The van der Waals surface area contributed by atoms with E-state index in [9.17, 15) is 0 Å². The van der Waals surface area contributed by atoms with E-state index in [1.807, 2.05) is 17.8 Å². The second-order valence-corrected chi connectivity index (χ2v) is 6.61. The highest BCUT2D eigenvalue weighted by atomic mass is 32.2. The van der Waals surface area contributed by atoms with Crippen LogP contribution in [-0.4, -0.2) is 22.3 Å². The van der Waals surface area contributed by atoms with Crippen LogP contribution in [0.4, 0.5) is 5.82 Å². The van der Waals surface area contributed by atoms with E-state index in [0.29, 0.717) is 5.25 Å². The lowest BCUT2D eigenvalue weighted by Gasteiger charge is -2.16. The van der Waals surface area contributed by atoms with Gasteiger partial charge in [0.1, 0.15) is 11.6 Å². The molecule has 3 rings (SSSR count). The van der Waals surface area contributed by atoms with Crippen molar-refractivity contribution in [1.82, 2.24) is 9.97 Å². The van der Waals surface area contributed by atoms with Gasteiger partial charge >= 0.3 is 0 Å². The molecule has 1 atom stereocenters. The molecule has 1 saturated heterocycles. The molecule has 0 aliphatic carbocycles. The van der Waals surface area contributed by atoms with Crippen LogP contribution in [-0.2, 0) is 0 Å². The number of aromatic nitrogens is 2. The van der Waals surface area contributed by atoms with Crippen LogP contribution >= 0.6 is 11.8 Å². The highest BCUT2D eigenvalue weighted by Gasteiger charge is 2.23. The third kappa shape index (κ3) is 3.05. The Labute approximate surface area is 130 Å². The van der Waals surface area contributed by atoms with Crippen molar-refractivity contribution in [1.29, 1.82) is 0 Å². The predicted molar refractivity (Wildman–Crippen MR) is 90.8 cm³/mol. The summed E-state index contributed by atoms with van der Waals surface area (Å²) < 4.78 is 0. The van der Waals surface area contributed by atoms with Gasteiger partial charge in [0, 0.05) is 17.7 Å². The van der Waals surface area contributed by atoms with Crippen molar-refractivity contribution in [2.24, 2.45) is 0 Å². The van der Waals surface area contributed by atoms with Crippen molar-refractivity contribution in [3.63, 3.8) is 0 Å². The standard InChI is InChI=1S/C17H21N3S/c1-3-18-16-12(2)15(13-8-5-4-6-9-13)19-17(20-16)14-10-7-11-21-14/h4-6,8-9,14H,3,7,10-11H2,1-2H3,(H,18,19,20). The molecule has 0 saturated carbocycles. The summed E-state index contributed by atoms with van der Waals surface area (Å²) in [7, 11) is 0. The number of thioether (sulfide) groups is 1. The molecule has 3 nitrogen and oxygen atoms in total. The zero-order valence-electron chi connectivity index (χ0n) is 12.6. The highest BCUT2D eigenvalue weighted by molar-refractivity contribution is 7.99. The van der Waals surface area contributed by atoms with E-state index in [2.05, 4.69) is 43.4 Å². The zero-order chi connectivity index (χ0) is 14.7. The Hall–Kier alpha value is -1.55. The van der Waals surface area contributed by atoms with E-state index >= 15 is 0 Å². The monoisotopic (exact) mass is 299 g/mol. The maximum atomic E-state index is 4.90. The van der Waals surface area contributed by atoms with Gasteiger partial charge < -0.3 is 5.32 Å². The van der Waals surface area contributed by atoms with E-state index in [4.69, 9.17) is 9.97 Å². The van der Waals surface area contributed by atoms with Gasteiger partial charge in [0.05, 0.1) is 10.9 Å². The lowest BCUT2D eigenvalue weighted by Crippen LogP contribution is -2.09. The highest BCUT2D eigenvalue weighted by Crippen LogP contribution is 2.39. The molecule has 1 aliphatic heterocycles. The van der Waals surface area contributed by atoms with E-state index in [1.165, 1.54) is 24.2 Å². The summed E-state index contributed by atoms with van der Waals surface area (Å²) in [4.78, 5) is 9.68. The molecule has 0 radical (unpaired) electrons. The van der Waals surface area contributed by atoms with Crippen LogP contribution in [0.3, 0.4) is 0 Å². The lowest BCUT2D eigenvalue weighted by atomic mass is 10.1. The number of hydrogen-bond acceptors (Lipinski definition) is 4. The second-order valence-electron chi connectivity index (χ2n) is 5.30. The first kappa shape index (κ1) is 14.4. The molecule has 1 aromatic carbocycles. The topological polar surface area (TPSA) is 37.8 Å². The van der Waals surface area contributed by atoms with Crippen molar-refractivity contribution in [3.8, 4) is 11.3 Å². The molecule has 4 heteroatoms. The average molecular weight is 299 g/mol. The molecule has 0 spiro atoms. The molecule has 0 bridgehead atoms. The quantitative estimate of drug-likeness (QED) is 0.905. The first-order chi connectivity index (χ1) is 10.3. The third-order valence-electron chi connectivity index (χ3n) is 3.77. The number of hydrogen-bond donors (Lipinski definition) is 1. The molecule has 1 N–H and O–H groups in total. The summed E-state index contributed by atoms with van der Waals surface area (Å²) in [6.07, 6.45) is 2.46. The van der Waals surface area contributed by atoms with Crippen molar-refractivity contribution < 1.29 is 0 Å². The van der Waals surface area contributed by atoms with Crippen molar-refractivity contribution in [2.75, 3.05) is 17.6 Å². The molecule has 2 heterocycles. The zero-order valence-corrected chi connectivity index (χ0v) is 13.4. The van der Waals surface area contributed by atoms with Crippen LogP contribution in [0.1, 0.15) is 36.4 Å².